The summed E-state index contributed by atoms with van der Waals surface area (Å²) in [6, 6.07) is 8.16. The van der Waals surface area contributed by atoms with Crippen LogP contribution in [0.15, 0.2) is 29.8 Å². The molecule has 1 heterocycles. The Morgan fingerprint density at radius 1 is 1.35 bits per heavy atom. The number of Topliss-reactive ketones (excluding diaryl/α,β-unsaturated/α-hetero) is 1. The van der Waals surface area contributed by atoms with E-state index in [0.29, 0.717) is 6.42 Å². The first-order valence-corrected chi connectivity index (χ1v) is 5.92. The minimum absolute atomic E-state index is 0.203. The lowest BCUT2D eigenvalue weighted by Gasteiger charge is -1.98. The molecule has 0 radical (unpaired) electrons. The van der Waals surface area contributed by atoms with Gasteiger partial charge in [-0.05, 0) is 31.6 Å². The fourth-order valence-electron chi connectivity index (χ4n) is 2.06. The van der Waals surface area contributed by atoms with Crippen LogP contribution in [0.2, 0.25) is 0 Å². The number of H-pyrrole nitrogens is 1. The fourth-order valence-corrected chi connectivity index (χ4v) is 2.06. The molecule has 1 N–H and O–H groups in total. The monoisotopic (exact) mass is 227 g/mol. The molecule has 0 aliphatic carbocycles. The number of carbonyl (C=O) groups excluding carboxylic acids is 1. The van der Waals surface area contributed by atoms with Crippen LogP contribution in [0, 0.1) is 6.92 Å². The van der Waals surface area contributed by atoms with Gasteiger partial charge in [-0.15, -0.1) is 0 Å². The number of aromatic nitrogens is 1. The third-order valence-electron chi connectivity index (χ3n) is 3.07. The van der Waals surface area contributed by atoms with Crippen LogP contribution in [0.5, 0.6) is 0 Å². The highest BCUT2D eigenvalue weighted by Crippen LogP contribution is 2.24. The minimum atomic E-state index is 0.203. The maximum Gasteiger partial charge on any atom is 0.158 e. The van der Waals surface area contributed by atoms with Crippen molar-refractivity contribution in [3.05, 3.63) is 41.1 Å². The first-order valence-electron chi connectivity index (χ1n) is 5.92. The summed E-state index contributed by atoms with van der Waals surface area (Å²) in [5.74, 6) is 0.203. The molecule has 0 spiro atoms. The summed E-state index contributed by atoms with van der Waals surface area (Å²) < 4.78 is 0. The lowest BCUT2D eigenvalue weighted by Crippen LogP contribution is -1.96. The molecule has 2 rings (SSSR count). The molecular formula is C15H17NO. The Hall–Kier alpha value is -1.83. The van der Waals surface area contributed by atoms with E-state index in [0.717, 1.165) is 22.3 Å². The number of allylic oxidation sites excluding steroid dienone is 1. The van der Waals surface area contributed by atoms with Crippen LogP contribution < -0.4 is 0 Å². The van der Waals surface area contributed by atoms with Crippen molar-refractivity contribution in [1.29, 1.82) is 0 Å². The van der Waals surface area contributed by atoms with Crippen LogP contribution in [0.1, 0.15) is 31.5 Å². The number of fused-ring (bicyclic) bond motifs is 1. The first-order chi connectivity index (χ1) is 8.13. The molecule has 2 heteroatoms. The van der Waals surface area contributed by atoms with Crippen molar-refractivity contribution in [2.45, 2.75) is 27.2 Å². The molecule has 17 heavy (non-hydrogen) atoms. The zero-order valence-corrected chi connectivity index (χ0v) is 10.5. The average molecular weight is 227 g/mol. The van der Waals surface area contributed by atoms with Gasteiger partial charge in [0.1, 0.15) is 0 Å². The van der Waals surface area contributed by atoms with Gasteiger partial charge in [0, 0.05) is 28.6 Å². The Kier molecular flexibility index (Phi) is 3.14. The summed E-state index contributed by atoms with van der Waals surface area (Å²) in [5.41, 5.74) is 4.17. The number of aryl methyl sites for hydroxylation is 1. The molecule has 0 aliphatic heterocycles. The van der Waals surface area contributed by atoms with Crippen molar-refractivity contribution < 1.29 is 4.79 Å². The Balaban J connectivity index is 2.56. The topological polar surface area (TPSA) is 32.9 Å². The van der Waals surface area contributed by atoms with Gasteiger partial charge in [0.2, 0.25) is 0 Å². The van der Waals surface area contributed by atoms with Crippen molar-refractivity contribution in [1.82, 2.24) is 4.98 Å². The van der Waals surface area contributed by atoms with Crippen molar-refractivity contribution >= 4 is 22.8 Å². The minimum Gasteiger partial charge on any atom is -0.358 e. The van der Waals surface area contributed by atoms with Gasteiger partial charge in [-0.1, -0.05) is 25.1 Å². The quantitative estimate of drug-likeness (QED) is 0.793. The summed E-state index contributed by atoms with van der Waals surface area (Å²) >= 11 is 0. The third-order valence-corrected chi connectivity index (χ3v) is 3.07. The second kappa shape index (κ2) is 4.58. The van der Waals surface area contributed by atoms with Crippen LogP contribution in [-0.4, -0.2) is 10.8 Å². The zero-order chi connectivity index (χ0) is 12.4. The van der Waals surface area contributed by atoms with Gasteiger partial charge >= 0.3 is 0 Å². The molecule has 88 valence electrons. The molecule has 0 saturated carbocycles. The van der Waals surface area contributed by atoms with Crippen molar-refractivity contribution in [2.24, 2.45) is 0 Å². The summed E-state index contributed by atoms with van der Waals surface area (Å²) in [4.78, 5) is 14.9. The SMILES string of the molecule is CCC(=O)C(C)=Cc1c(C)[nH]c2ccccc12. The maximum atomic E-state index is 11.6. The first kappa shape index (κ1) is 11.6. The van der Waals surface area contributed by atoms with E-state index in [1.165, 1.54) is 5.39 Å². The standard InChI is InChI=1S/C15H17NO/c1-4-15(17)10(2)9-13-11(3)16-14-8-6-5-7-12(13)14/h5-9,16H,4H2,1-3H3. The highest BCUT2D eigenvalue weighted by Gasteiger charge is 2.07. The second-order valence-electron chi connectivity index (χ2n) is 4.31. The summed E-state index contributed by atoms with van der Waals surface area (Å²) in [6.45, 7) is 5.81. The maximum absolute atomic E-state index is 11.6. The Morgan fingerprint density at radius 2 is 2.06 bits per heavy atom. The van der Waals surface area contributed by atoms with E-state index in [4.69, 9.17) is 0 Å². The number of rotatable bonds is 3. The van der Waals surface area contributed by atoms with Crippen LogP contribution >= 0.6 is 0 Å². The van der Waals surface area contributed by atoms with E-state index in [1.54, 1.807) is 0 Å². The van der Waals surface area contributed by atoms with Gasteiger partial charge in [0.15, 0.2) is 5.78 Å². The van der Waals surface area contributed by atoms with E-state index >= 15 is 0 Å². The number of para-hydroxylation sites is 1. The predicted molar refractivity (Wildman–Crippen MR) is 72.0 cm³/mol. The number of aromatic amines is 1. The van der Waals surface area contributed by atoms with Gasteiger partial charge in [-0.2, -0.15) is 0 Å². The third kappa shape index (κ3) is 2.16. The zero-order valence-electron chi connectivity index (χ0n) is 10.5. The number of nitrogens with one attached hydrogen (secondary N) is 1. The molecule has 1 aromatic carbocycles. The molecule has 0 atom stereocenters. The molecular weight excluding hydrogens is 210 g/mol. The molecule has 2 nitrogen and oxygen atoms in total. The van der Waals surface area contributed by atoms with Gasteiger partial charge in [0.05, 0.1) is 0 Å². The Morgan fingerprint density at radius 3 is 2.76 bits per heavy atom. The highest BCUT2D eigenvalue weighted by atomic mass is 16.1. The van der Waals surface area contributed by atoms with Gasteiger partial charge in [-0.25, -0.2) is 0 Å². The number of hydrogen-bond acceptors (Lipinski definition) is 1. The van der Waals surface area contributed by atoms with Crippen LogP contribution in [0.25, 0.3) is 17.0 Å². The molecule has 0 aliphatic rings. The molecule has 0 fully saturated rings. The summed E-state index contributed by atoms with van der Waals surface area (Å²) in [5, 5.41) is 1.17. The van der Waals surface area contributed by atoms with E-state index < -0.39 is 0 Å². The van der Waals surface area contributed by atoms with Gasteiger partial charge in [0.25, 0.3) is 0 Å². The van der Waals surface area contributed by atoms with E-state index in [2.05, 4.69) is 17.1 Å². The lowest BCUT2D eigenvalue weighted by molar-refractivity contribution is -0.115. The smallest absolute Gasteiger partial charge is 0.158 e. The van der Waals surface area contributed by atoms with Crippen molar-refractivity contribution in [3.63, 3.8) is 0 Å². The highest BCUT2D eigenvalue weighted by molar-refractivity contribution is 6.01. The molecule has 0 bridgehead atoms. The number of ketones is 1. The van der Waals surface area contributed by atoms with E-state index in [1.807, 2.05) is 39.0 Å². The molecule has 0 saturated heterocycles. The van der Waals surface area contributed by atoms with Crippen molar-refractivity contribution in [2.75, 3.05) is 0 Å². The summed E-state index contributed by atoms with van der Waals surface area (Å²) in [7, 11) is 0. The number of carbonyl (C=O) groups is 1. The average Bonchev–Trinajstić information content (AvgIpc) is 2.65. The summed E-state index contributed by atoms with van der Waals surface area (Å²) in [6.07, 6.45) is 2.55. The fraction of sp³-hybridized carbons (Fsp3) is 0.267. The predicted octanol–water partition coefficient (Wildman–Crippen LogP) is 3.86. The Labute approximate surface area is 101 Å². The number of hydrogen-bond donors (Lipinski definition) is 1. The van der Waals surface area contributed by atoms with E-state index in [-0.39, 0.29) is 5.78 Å². The van der Waals surface area contributed by atoms with E-state index in [9.17, 15) is 4.79 Å². The molecule has 0 unspecified atom stereocenters. The largest absolute Gasteiger partial charge is 0.358 e. The van der Waals surface area contributed by atoms with Gasteiger partial charge < -0.3 is 4.98 Å². The van der Waals surface area contributed by atoms with Crippen LogP contribution in [-0.2, 0) is 4.79 Å². The molecule has 1 aromatic heterocycles. The van der Waals surface area contributed by atoms with Crippen molar-refractivity contribution in [3.8, 4) is 0 Å². The van der Waals surface area contributed by atoms with Crippen LogP contribution in [0.3, 0.4) is 0 Å². The van der Waals surface area contributed by atoms with Crippen LogP contribution in [0.4, 0.5) is 0 Å². The molecule has 0 amide bonds. The number of benzene rings is 1. The second-order valence-corrected chi connectivity index (χ2v) is 4.31. The van der Waals surface area contributed by atoms with Gasteiger partial charge in [-0.3, -0.25) is 4.79 Å². The normalized spacial score (nSPS) is 12.1. The lowest BCUT2D eigenvalue weighted by atomic mass is 10.0. The Bertz CT molecular complexity index is 590. The molecule has 2 aromatic rings.